The lowest BCUT2D eigenvalue weighted by Crippen LogP contribution is -2.38. The van der Waals surface area contributed by atoms with Crippen molar-refractivity contribution in [1.82, 2.24) is 15.5 Å². The Balaban J connectivity index is 1.64. The summed E-state index contributed by atoms with van der Waals surface area (Å²) in [5, 5.41) is 20.0. The van der Waals surface area contributed by atoms with Crippen LogP contribution in [0.25, 0.3) is 11.5 Å². The summed E-state index contributed by atoms with van der Waals surface area (Å²) in [6.07, 6.45) is 1.92. The molecule has 3 rings (SSSR count). The lowest BCUT2D eigenvalue weighted by atomic mass is 10.2. The van der Waals surface area contributed by atoms with Crippen LogP contribution < -0.4 is 5.32 Å². The maximum Gasteiger partial charge on any atom is 0.320 e. The van der Waals surface area contributed by atoms with Gasteiger partial charge in [0.15, 0.2) is 0 Å². The molecule has 0 aliphatic heterocycles. The van der Waals surface area contributed by atoms with Crippen molar-refractivity contribution in [3.05, 3.63) is 36.2 Å². The van der Waals surface area contributed by atoms with E-state index in [1.54, 1.807) is 0 Å². The lowest BCUT2D eigenvalue weighted by Gasteiger charge is -2.11. The van der Waals surface area contributed by atoms with Crippen LogP contribution in [0.3, 0.4) is 0 Å². The summed E-state index contributed by atoms with van der Waals surface area (Å²) in [6, 6.07) is 8.94. The Labute approximate surface area is 115 Å². The molecule has 6 nitrogen and oxygen atoms in total. The van der Waals surface area contributed by atoms with Crippen LogP contribution in [0.5, 0.6) is 0 Å². The van der Waals surface area contributed by atoms with E-state index in [1.807, 2.05) is 30.3 Å². The first-order valence-electron chi connectivity index (χ1n) is 6.58. The highest BCUT2D eigenvalue weighted by atomic mass is 16.4. The van der Waals surface area contributed by atoms with Gasteiger partial charge in [0, 0.05) is 5.56 Å². The molecule has 0 amide bonds. The van der Waals surface area contributed by atoms with Crippen molar-refractivity contribution in [2.75, 3.05) is 0 Å². The van der Waals surface area contributed by atoms with Gasteiger partial charge in [0.2, 0.25) is 11.8 Å². The van der Waals surface area contributed by atoms with E-state index in [4.69, 9.17) is 9.52 Å². The molecule has 1 aliphatic carbocycles. The van der Waals surface area contributed by atoms with Gasteiger partial charge in [-0.2, -0.15) is 0 Å². The van der Waals surface area contributed by atoms with Crippen LogP contribution in [0.1, 0.15) is 18.7 Å². The Morgan fingerprint density at radius 3 is 2.75 bits per heavy atom. The van der Waals surface area contributed by atoms with Gasteiger partial charge >= 0.3 is 5.97 Å². The summed E-state index contributed by atoms with van der Waals surface area (Å²) < 4.78 is 5.52. The maximum atomic E-state index is 11.1. The highest BCUT2D eigenvalue weighted by Crippen LogP contribution is 2.32. The standard InChI is InChI=1S/C14H15N3O3/c18-14(19)12(9-6-7-9)15-8-11-16-17-13(20-11)10-4-2-1-3-5-10/h1-5,9,12,15H,6-8H2,(H,18,19). The van der Waals surface area contributed by atoms with Crippen LogP contribution in [0, 0.1) is 5.92 Å². The molecule has 6 heteroatoms. The van der Waals surface area contributed by atoms with Crippen molar-refractivity contribution in [2.24, 2.45) is 5.92 Å². The number of carboxylic acid groups (broad SMARTS) is 1. The van der Waals surface area contributed by atoms with Gasteiger partial charge in [-0.1, -0.05) is 18.2 Å². The van der Waals surface area contributed by atoms with E-state index >= 15 is 0 Å². The normalized spacial score (nSPS) is 16.0. The minimum absolute atomic E-state index is 0.226. The zero-order valence-corrected chi connectivity index (χ0v) is 10.8. The number of rotatable bonds is 6. The van der Waals surface area contributed by atoms with E-state index in [-0.39, 0.29) is 12.5 Å². The Morgan fingerprint density at radius 1 is 1.35 bits per heavy atom. The number of carboxylic acids is 1. The quantitative estimate of drug-likeness (QED) is 0.832. The smallest absolute Gasteiger partial charge is 0.320 e. The van der Waals surface area contributed by atoms with Gasteiger partial charge in [-0.3, -0.25) is 10.1 Å². The van der Waals surface area contributed by atoms with Gasteiger partial charge in [-0.25, -0.2) is 0 Å². The number of benzene rings is 1. The molecule has 1 aromatic carbocycles. The molecule has 0 saturated heterocycles. The fourth-order valence-corrected chi connectivity index (χ4v) is 2.10. The molecular formula is C14H15N3O3. The van der Waals surface area contributed by atoms with E-state index in [0.717, 1.165) is 18.4 Å². The van der Waals surface area contributed by atoms with Crippen LogP contribution in [0.15, 0.2) is 34.7 Å². The van der Waals surface area contributed by atoms with Crippen LogP contribution in [0.4, 0.5) is 0 Å². The van der Waals surface area contributed by atoms with Crippen molar-refractivity contribution >= 4 is 5.97 Å². The van der Waals surface area contributed by atoms with Gasteiger partial charge in [-0.05, 0) is 30.9 Å². The monoisotopic (exact) mass is 273 g/mol. The molecule has 2 N–H and O–H groups in total. The minimum atomic E-state index is -0.824. The van der Waals surface area contributed by atoms with Crippen LogP contribution >= 0.6 is 0 Å². The van der Waals surface area contributed by atoms with Crippen LogP contribution in [-0.4, -0.2) is 27.3 Å². The fourth-order valence-electron chi connectivity index (χ4n) is 2.10. The van der Waals surface area contributed by atoms with Crippen molar-refractivity contribution in [2.45, 2.75) is 25.4 Å². The molecule has 1 aromatic heterocycles. The number of nitrogens with one attached hydrogen (secondary N) is 1. The van der Waals surface area contributed by atoms with Crippen LogP contribution in [-0.2, 0) is 11.3 Å². The number of hydrogen-bond acceptors (Lipinski definition) is 5. The molecule has 0 radical (unpaired) electrons. The Bertz CT molecular complexity index is 593. The molecule has 2 aromatic rings. The van der Waals surface area contributed by atoms with E-state index < -0.39 is 12.0 Å². The number of hydrogen-bond donors (Lipinski definition) is 2. The molecule has 1 heterocycles. The third kappa shape index (κ3) is 2.85. The second-order valence-corrected chi connectivity index (χ2v) is 4.90. The summed E-state index contributed by atoms with van der Waals surface area (Å²) in [5.74, 6) is 0.246. The van der Waals surface area contributed by atoms with Gasteiger partial charge < -0.3 is 9.52 Å². The molecule has 1 fully saturated rings. The summed E-state index contributed by atoms with van der Waals surface area (Å²) in [5.41, 5.74) is 0.850. The SMILES string of the molecule is O=C(O)C(NCc1nnc(-c2ccccc2)o1)C1CC1. The summed E-state index contributed by atoms with van der Waals surface area (Å²) in [7, 11) is 0. The van der Waals surface area contributed by atoms with Gasteiger partial charge in [-0.15, -0.1) is 10.2 Å². The molecule has 20 heavy (non-hydrogen) atoms. The predicted octanol–water partition coefficient (Wildman–Crippen LogP) is 1.69. The van der Waals surface area contributed by atoms with Gasteiger partial charge in [0.25, 0.3) is 0 Å². The molecule has 1 aliphatic rings. The molecule has 1 atom stereocenters. The fraction of sp³-hybridized carbons (Fsp3) is 0.357. The lowest BCUT2D eigenvalue weighted by molar-refractivity contribution is -0.140. The van der Waals surface area contributed by atoms with E-state index in [2.05, 4.69) is 15.5 Å². The molecule has 1 saturated carbocycles. The molecule has 0 bridgehead atoms. The maximum absolute atomic E-state index is 11.1. The topological polar surface area (TPSA) is 88.2 Å². The van der Waals surface area contributed by atoms with Crippen molar-refractivity contribution in [3.8, 4) is 11.5 Å². The first-order valence-corrected chi connectivity index (χ1v) is 6.58. The van der Waals surface area contributed by atoms with Crippen LogP contribution in [0.2, 0.25) is 0 Å². The summed E-state index contributed by atoms with van der Waals surface area (Å²) in [6.45, 7) is 0.271. The van der Waals surface area contributed by atoms with Crippen molar-refractivity contribution < 1.29 is 14.3 Å². The largest absolute Gasteiger partial charge is 0.480 e. The summed E-state index contributed by atoms with van der Waals surface area (Å²) in [4.78, 5) is 11.1. The average Bonchev–Trinajstić information content (AvgIpc) is 3.17. The zero-order valence-electron chi connectivity index (χ0n) is 10.8. The van der Waals surface area contributed by atoms with Gasteiger partial charge in [0.05, 0.1) is 6.54 Å². The first kappa shape index (κ1) is 12.8. The number of nitrogens with zero attached hydrogens (tertiary/aromatic N) is 2. The average molecular weight is 273 g/mol. The number of aromatic nitrogens is 2. The third-order valence-corrected chi connectivity index (χ3v) is 3.32. The number of carbonyl (C=O) groups is 1. The highest BCUT2D eigenvalue weighted by Gasteiger charge is 2.36. The molecular weight excluding hydrogens is 258 g/mol. The van der Waals surface area contributed by atoms with Gasteiger partial charge in [0.1, 0.15) is 6.04 Å². The Kier molecular flexibility index (Phi) is 3.47. The molecule has 0 spiro atoms. The number of aliphatic carboxylic acids is 1. The first-order chi connectivity index (χ1) is 9.74. The Hall–Kier alpha value is -2.21. The second kappa shape index (κ2) is 5.42. The van der Waals surface area contributed by atoms with E-state index in [1.165, 1.54) is 0 Å². The zero-order chi connectivity index (χ0) is 13.9. The molecule has 1 unspecified atom stereocenters. The Morgan fingerprint density at radius 2 is 2.10 bits per heavy atom. The van der Waals surface area contributed by atoms with E-state index in [0.29, 0.717) is 11.8 Å². The predicted molar refractivity (Wildman–Crippen MR) is 70.7 cm³/mol. The molecule has 104 valence electrons. The van der Waals surface area contributed by atoms with E-state index in [9.17, 15) is 4.79 Å². The highest BCUT2D eigenvalue weighted by molar-refractivity contribution is 5.74. The van der Waals surface area contributed by atoms with Crippen molar-refractivity contribution in [1.29, 1.82) is 0 Å². The van der Waals surface area contributed by atoms with Crippen molar-refractivity contribution in [3.63, 3.8) is 0 Å². The summed E-state index contributed by atoms with van der Waals surface area (Å²) >= 11 is 0. The second-order valence-electron chi connectivity index (χ2n) is 4.90. The minimum Gasteiger partial charge on any atom is -0.480 e. The third-order valence-electron chi connectivity index (χ3n) is 3.32.